The first kappa shape index (κ1) is 13.7. The van der Waals surface area contributed by atoms with Gasteiger partial charge in [-0.25, -0.2) is 4.98 Å². The molecule has 0 atom stereocenters. The molecule has 3 nitrogen and oxygen atoms in total. The topological polar surface area (TPSA) is 27.1 Å². The van der Waals surface area contributed by atoms with E-state index in [-0.39, 0.29) is 5.41 Å². The van der Waals surface area contributed by atoms with E-state index in [0.29, 0.717) is 6.61 Å². The first-order chi connectivity index (χ1) is 9.00. The van der Waals surface area contributed by atoms with Gasteiger partial charge in [0.1, 0.15) is 18.2 Å². The zero-order chi connectivity index (χ0) is 13.9. The summed E-state index contributed by atoms with van der Waals surface area (Å²) in [4.78, 5) is 4.30. The molecule has 0 radical (unpaired) electrons. The highest BCUT2D eigenvalue weighted by Gasteiger charge is 2.13. The molecule has 2 aromatic rings. The van der Waals surface area contributed by atoms with Crippen molar-refractivity contribution in [1.82, 2.24) is 9.55 Å². The van der Waals surface area contributed by atoms with Crippen molar-refractivity contribution in [1.29, 1.82) is 0 Å². The maximum atomic E-state index is 5.78. The molecule has 3 heteroatoms. The number of benzene rings is 1. The number of aryl methyl sites for hydroxylation is 1. The Morgan fingerprint density at radius 2 is 1.84 bits per heavy atom. The molecule has 0 N–H and O–H groups in total. The third-order valence-corrected chi connectivity index (χ3v) is 3.23. The Labute approximate surface area is 115 Å². The van der Waals surface area contributed by atoms with Gasteiger partial charge in [0, 0.05) is 18.9 Å². The van der Waals surface area contributed by atoms with Crippen LogP contribution < -0.4 is 4.74 Å². The Morgan fingerprint density at radius 3 is 2.42 bits per heavy atom. The molecule has 0 fully saturated rings. The molecule has 0 saturated heterocycles. The van der Waals surface area contributed by atoms with Crippen LogP contribution in [-0.2, 0) is 18.6 Å². The zero-order valence-electron chi connectivity index (χ0n) is 12.2. The lowest BCUT2D eigenvalue weighted by Crippen LogP contribution is -2.10. The third-order valence-electron chi connectivity index (χ3n) is 3.23. The lowest BCUT2D eigenvalue weighted by Gasteiger charge is -2.19. The van der Waals surface area contributed by atoms with Gasteiger partial charge in [0.2, 0.25) is 0 Å². The van der Waals surface area contributed by atoms with Gasteiger partial charge in [0.25, 0.3) is 0 Å². The largest absolute Gasteiger partial charge is 0.486 e. The fraction of sp³-hybridized carbons (Fsp3) is 0.438. The molecule has 2 rings (SSSR count). The van der Waals surface area contributed by atoms with Crippen LogP contribution in [0.1, 0.15) is 39.1 Å². The fourth-order valence-electron chi connectivity index (χ4n) is 1.97. The van der Waals surface area contributed by atoms with Crippen LogP contribution in [0.5, 0.6) is 5.75 Å². The molecule has 0 aliphatic rings. The minimum Gasteiger partial charge on any atom is -0.486 e. The van der Waals surface area contributed by atoms with Crippen LogP contribution in [0.15, 0.2) is 36.7 Å². The van der Waals surface area contributed by atoms with Crippen LogP contribution in [0, 0.1) is 0 Å². The van der Waals surface area contributed by atoms with E-state index in [0.717, 1.165) is 18.1 Å². The quantitative estimate of drug-likeness (QED) is 0.834. The van der Waals surface area contributed by atoms with Gasteiger partial charge in [-0.15, -0.1) is 0 Å². The Kier molecular flexibility index (Phi) is 3.93. The first-order valence-electron chi connectivity index (χ1n) is 6.74. The predicted molar refractivity (Wildman–Crippen MR) is 77.4 cm³/mol. The Bertz CT molecular complexity index is 520. The zero-order valence-corrected chi connectivity index (χ0v) is 12.2. The van der Waals surface area contributed by atoms with Crippen molar-refractivity contribution < 1.29 is 4.74 Å². The number of imidazole rings is 1. The van der Waals surface area contributed by atoms with Crippen molar-refractivity contribution in [3.63, 3.8) is 0 Å². The SMILES string of the molecule is CCn1ccnc1COc1ccc(C(C)(C)C)cc1. The van der Waals surface area contributed by atoms with Gasteiger partial charge >= 0.3 is 0 Å². The second-order valence-corrected chi connectivity index (χ2v) is 5.69. The molecule has 102 valence electrons. The van der Waals surface area contributed by atoms with Crippen LogP contribution in [0.2, 0.25) is 0 Å². The first-order valence-corrected chi connectivity index (χ1v) is 6.74. The number of rotatable bonds is 4. The lowest BCUT2D eigenvalue weighted by atomic mass is 9.87. The molecule has 0 spiro atoms. The number of aromatic nitrogens is 2. The van der Waals surface area contributed by atoms with Crippen LogP contribution >= 0.6 is 0 Å². The highest BCUT2D eigenvalue weighted by Crippen LogP contribution is 2.24. The summed E-state index contributed by atoms with van der Waals surface area (Å²) >= 11 is 0. The minimum absolute atomic E-state index is 0.178. The summed E-state index contributed by atoms with van der Waals surface area (Å²) in [5.41, 5.74) is 1.49. The van der Waals surface area contributed by atoms with Crippen LogP contribution in [-0.4, -0.2) is 9.55 Å². The summed E-state index contributed by atoms with van der Waals surface area (Å²) in [7, 11) is 0. The maximum absolute atomic E-state index is 5.78. The monoisotopic (exact) mass is 258 g/mol. The average molecular weight is 258 g/mol. The molecule has 0 amide bonds. The Hall–Kier alpha value is -1.77. The predicted octanol–water partition coefficient (Wildman–Crippen LogP) is 3.78. The summed E-state index contributed by atoms with van der Waals surface area (Å²) < 4.78 is 7.86. The molecule has 1 heterocycles. The van der Waals surface area contributed by atoms with Gasteiger partial charge in [-0.05, 0) is 30.0 Å². The van der Waals surface area contributed by atoms with Gasteiger partial charge in [-0.2, -0.15) is 0 Å². The van der Waals surface area contributed by atoms with Gasteiger partial charge in [0.15, 0.2) is 0 Å². The van der Waals surface area contributed by atoms with E-state index in [2.05, 4.69) is 49.4 Å². The van der Waals surface area contributed by atoms with Crippen molar-refractivity contribution in [3.05, 3.63) is 48.0 Å². The van der Waals surface area contributed by atoms with E-state index in [1.54, 1.807) is 0 Å². The molecule has 0 unspecified atom stereocenters. The van der Waals surface area contributed by atoms with E-state index in [4.69, 9.17) is 4.74 Å². The van der Waals surface area contributed by atoms with E-state index < -0.39 is 0 Å². The molecule has 1 aromatic heterocycles. The Balaban J connectivity index is 2.01. The molecule has 0 aliphatic carbocycles. The molecule has 0 bridgehead atoms. The van der Waals surface area contributed by atoms with E-state index in [1.165, 1.54) is 5.56 Å². The smallest absolute Gasteiger partial charge is 0.146 e. The summed E-state index contributed by atoms with van der Waals surface area (Å²) in [5.74, 6) is 1.85. The van der Waals surface area contributed by atoms with Gasteiger partial charge in [-0.1, -0.05) is 32.9 Å². The molecule has 0 saturated carbocycles. The normalized spacial score (nSPS) is 11.6. The second kappa shape index (κ2) is 5.47. The highest BCUT2D eigenvalue weighted by molar-refractivity contribution is 5.31. The molecular formula is C16H22N2O. The maximum Gasteiger partial charge on any atom is 0.146 e. The highest BCUT2D eigenvalue weighted by atomic mass is 16.5. The summed E-state index contributed by atoms with van der Waals surface area (Å²) in [5, 5.41) is 0. The van der Waals surface area contributed by atoms with Crippen molar-refractivity contribution in [2.45, 2.75) is 46.3 Å². The summed E-state index contributed by atoms with van der Waals surface area (Å²) in [6, 6.07) is 8.31. The Morgan fingerprint density at radius 1 is 1.16 bits per heavy atom. The van der Waals surface area contributed by atoms with Gasteiger partial charge < -0.3 is 9.30 Å². The van der Waals surface area contributed by atoms with Crippen LogP contribution in [0.25, 0.3) is 0 Å². The minimum atomic E-state index is 0.178. The second-order valence-electron chi connectivity index (χ2n) is 5.69. The molecule has 1 aromatic carbocycles. The summed E-state index contributed by atoms with van der Waals surface area (Å²) in [6.45, 7) is 10.2. The lowest BCUT2D eigenvalue weighted by molar-refractivity contribution is 0.289. The van der Waals surface area contributed by atoms with Gasteiger partial charge in [0.05, 0.1) is 0 Å². The number of ether oxygens (including phenoxy) is 1. The summed E-state index contributed by atoms with van der Waals surface area (Å²) in [6.07, 6.45) is 3.78. The number of hydrogen-bond acceptors (Lipinski definition) is 2. The van der Waals surface area contributed by atoms with Crippen molar-refractivity contribution in [3.8, 4) is 5.75 Å². The van der Waals surface area contributed by atoms with Crippen LogP contribution in [0.4, 0.5) is 0 Å². The molecular weight excluding hydrogens is 236 g/mol. The van der Waals surface area contributed by atoms with Crippen molar-refractivity contribution in [2.75, 3.05) is 0 Å². The molecule has 0 aliphatic heterocycles. The average Bonchev–Trinajstić information content (AvgIpc) is 2.83. The fourth-order valence-corrected chi connectivity index (χ4v) is 1.97. The third kappa shape index (κ3) is 3.37. The van der Waals surface area contributed by atoms with Crippen LogP contribution in [0.3, 0.4) is 0 Å². The standard InChI is InChI=1S/C16H22N2O/c1-5-18-11-10-17-15(18)12-19-14-8-6-13(7-9-14)16(2,3)4/h6-11H,5,12H2,1-4H3. The van der Waals surface area contributed by atoms with Crippen molar-refractivity contribution >= 4 is 0 Å². The van der Waals surface area contributed by atoms with Gasteiger partial charge in [-0.3, -0.25) is 0 Å². The van der Waals surface area contributed by atoms with E-state index >= 15 is 0 Å². The van der Waals surface area contributed by atoms with E-state index in [1.807, 2.05) is 24.5 Å². The number of nitrogens with zero attached hydrogens (tertiary/aromatic N) is 2. The van der Waals surface area contributed by atoms with Crippen molar-refractivity contribution in [2.24, 2.45) is 0 Å². The number of hydrogen-bond donors (Lipinski definition) is 0. The molecule has 19 heavy (non-hydrogen) atoms. The van der Waals surface area contributed by atoms with E-state index in [9.17, 15) is 0 Å².